The van der Waals surface area contributed by atoms with Crippen molar-refractivity contribution >= 4 is 5.91 Å². The Kier molecular flexibility index (Phi) is 11.1. The maximum absolute atomic E-state index is 12.9. The van der Waals surface area contributed by atoms with Crippen LogP contribution in [-0.4, -0.2) is 16.8 Å². The summed E-state index contributed by atoms with van der Waals surface area (Å²) in [6.45, 7) is 7.72. The summed E-state index contributed by atoms with van der Waals surface area (Å²) in [6, 6.07) is 18.6. The number of carbonyl (C=O) groups is 1. The predicted molar refractivity (Wildman–Crippen MR) is 126 cm³/mol. The maximum Gasteiger partial charge on any atom is 0.223 e. The van der Waals surface area contributed by atoms with Crippen LogP contribution in [0.5, 0.6) is 5.75 Å². The maximum atomic E-state index is 12.9. The van der Waals surface area contributed by atoms with Crippen LogP contribution in [0.25, 0.3) is 0 Å². The van der Waals surface area contributed by atoms with E-state index in [1.807, 2.05) is 35.2 Å². The fraction of sp³-hybridized carbons (Fsp3) is 0.519. The Labute approximate surface area is 183 Å². The smallest absolute Gasteiger partial charge is 0.223 e. The molecule has 0 saturated heterocycles. The van der Waals surface area contributed by atoms with Crippen LogP contribution in [-0.2, 0) is 17.9 Å². The Morgan fingerprint density at radius 1 is 0.900 bits per heavy atom. The zero-order valence-corrected chi connectivity index (χ0v) is 19.1. The number of ether oxygens (including phenoxy) is 1. The third kappa shape index (κ3) is 8.61. The van der Waals surface area contributed by atoms with E-state index in [1.165, 1.54) is 25.7 Å². The van der Waals surface area contributed by atoms with Gasteiger partial charge in [-0.05, 0) is 43.0 Å². The molecule has 2 rings (SSSR count). The highest BCUT2D eigenvalue weighted by Crippen LogP contribution is 2.19. The first-order chi connectivity index (χ1) is 14.6. The third-order valence-electron chi connectivity index (χ3n) is 5.69. The second-order valence-corrected chi connectivity index (χ2v) is 8.22. The number of hydrogen-bond donors (Lipinski definition) is 0. The fourth-order valence-electron chi connectivity index (χ4n) is 3.58. The first-order valence-corrected chi connectivity index (χ1v) is 11.7. The van der Waals surface area contributed by atoms with Gasteiger partial charge in [0.15, 0.2) is 0 Å². The van der Waals surface area contributed by atoms with Crippen molar-refractivity contribution in [1.29, 1.82) is 0 Å². The molecule has 0 heterocycles. The van der Waals surface area contributed by atoms with Crippen molar-refractivity contribution in [2.75, 3.05) is 0 Å². The van der Waals surface area contributed by atoms with Crippen molar-refractivity contribution in [2.24, 2.45) is 0 Å². The van der Waals surface area contributed by atoms with Crippen LogP contribution in [0.3, 0.4) is 0 Å². The van der Waals surface area contributed by atoms with Gasteiger partial charge in [0.25, 0.3) is 0 Å². The van der Waals surface area contributed by atoms with Gasteiger partial charge >= 0.3 is 0 Å². The third-order valence-corrected chi connectivity index (χ3v) is 5.69. The summed E-state index contributed by atoms with van der Waals surface area (Å²) in [5.74, 6) is 1.12. The molecule has 2 aromatic rings. The highest BCUT2D eigenvalue weighted by atomic mass is 16.5. The lowest BCUT2D eigenvalue weighted by Gasteiger charge is -2.29. The van der Waals surface area contributed by atoms with E-state index in [4.69, 9.17) is 4.74 Å². The topological polar surface area (TPSA) is 29.5 Å². The van der Waals surface area contributed by atoms with Gasteiger partial charge in [-0.2, -0.15) is 0 Å². The number of unbranched alkanes of at least 4 members (excludes halogenated alkanes) is 5. The van der Waals surface area contributed by atoms with Crippen LogP contribution >= 0.6 is 0 Å². The lowest BCUT2D eigenvalue weighted by Crippen LogP contribution is -2.37. The van der Waals surface area contributed by atoms with Crippen molar-refractivity contribution in [3.05, 3.63) is 65.7 Å². The minimum Gasteiger partial charge on any atom is -0.489 e. The number of benzene rings is 2. The fourth-order valence-corrected chi connectivity index (χ4v) is 3.58. The van der Waals surface area contributed by atoms with Crippen LogP contribution in [0.2, 0.25) is 0 Å². The van der Waals surface area contributed by atoms with Gasteiger partial charge in [-0.15, -0.1) is 0 Å². The molecule has 0 fully saturated rings. The molecule has 164 valence electrons. The van der Waals surface area contributed by atoms with Gasteiger partial charge in [0.2, 0.25) is 5.91 Å². The average molecular weight is 410 g/mol. The summed E-state index contributed by atoms with van der Waals surface area (Å²) in [5, 5.41) is 0. The summed E-state index contributed by atoms with van der Waals surface area (Å²) in [5.41, 5.74) is 2.27. The minimum atomic E-state index is 0.242. The predicted octanol–water partition coefficient (Wildman–Crippen LogP) is 7.14. The summed E-state index contributed by atoms with van der Waals surface area (Å²) < 4.78 is 5.97. The summed E-state index contributed by atoms with van der Waals surface area (Å²) in [6.07, 6.45) is 8.86. The number of hydrogen-bond acceptors (Lipinski definition) is 2. The van der Waals surface area contributed by atoms with E-state index in [2.05, 4.69) is 45.0 Å². The Hall–Kier alpha value is -2.29. The molecule has 0 aliphatic rings. The summed E-state index contributed by atoms with van der Waals surface area (Å²) in [4.78, 5) is 15.0. The minimum absolute atomic E-state index is 0.242. The summed E-state index contributed by atoms with van der Waals surface area (Å²) >= 11 is 0. The van der Waals surface area contributed by atoms with Crippen LogP contribution in [0.4, 0.5) is 0 Å². The number of carbonyl (C=O) groups excluding carboxylic acids is 1. The molecule has 0 saturated carbocycles. The highest BCUT2D eigenvalue weighted by molar-refractivity contribution is 5.76. The molecule has 0 bridgehead atoms. The van der Waals surface area contributed by atoms with Gasteiger partial charge in [0.05, 0.1) is 0 Å². The molecule has 1 atom stereocenters. The second kappa shape index (κ2) is 13.8. The van der Waals surface area contributed by atoms with Crippen LogP contribution in [0.15, 0.2) is 54.6 Å². The monoisotopic (exact) mass is 409 g/mol. The van der Waals surface area contributed by atoms with E-state index in [0.717, 1.165) is 36.1 Å². The molecule has 0 N–H and O–H groups in total. The SMILES string of the molecule is CCCCCCCCC(=O)N(Cc1cccc(OCc2ccccc2)c1)C(C)CC. The molecular formula is C27H39NO2. The Morgan fingerprint density at radius 2 is 1.60 bits per heavy atom. The van der Waals surface area contributed by atoms with Crippen LogP contribution in [0.1, 0.15) is 83.3 Å². The normalized spacial score (nSPS) is 11.8. The molecule has 1 amide bonds. The molecule has 30 heavy (non-hydrogen) atoms. The van der Waals surface area contributed by atoms with Gasteiger partial charge in [-0.3, -0.25) is 4.79 Å². The van der Waals surface area contributed by atoms with E-state index in [0.29, 0.717) is 19.6 Å². The number of amides is 1. The van der Waals surface area contributed by atoms with Crippen molar-refractivity contribution in [3.8, 4) is 5.75 Å². The van der Waals surface area contributed by atoms with E-state index in [-0.39, 0.29) is 11.9 Å². The first-order valence-electron chi connectivity index (χ1n) is 11.7. The van der Waals surface area contributed by atoms with Crippen molar-refractivity contribution in [3.63, 3.8) is 0 Å². The number of rotatable bonds is 14. The number of nitrogens with zero attached hydrogens (tertiary/aromatic N) is 1. The molecule has 0 spiro atoms. The van der Waals surface area contributed by atoms with Gasteiger partial charge in [-0.25, -0.2) is 0 Å². The second-order valence-electron chi connectivity index (χ2n) is 8.22. The van der Waals surface area contributed by atoms with E-state index in [9.17, 15) is 4.79 Å². The van der Waals surface area contributed by atoms with Crippen LogP contribution < -0.4 is 4.74 Å². The Morgan fingerprint density at radius 3 is 2.33 bits per heavy atom. The lowest BCUT2D eigenvalue weighted by molar-refractivity contribution is -0.134. The largest absolute Gasteiger partial charge is 0.489 e. The molecule has 1 unspecified atom stereocenters. The average Bonchev–Trinajstić information content (AvgIpc) is 2.78. The van der Waals surface area contributed by atoms with Crippen molar-refractivity contribution < 1.29 is 9.53 Å². The molecule has 0 aliphatic heterocycles. The zero-order chi connectivity index (χ0) is 21.6. The van der Waals surface area contributed by atoms with Crippen molar-refractivity contribution in [1.82, 2.24) is 4.90 Å². The highest BCUT2D eigenvalue weighted by Gasteiger charge is 2.19. The first kappa shape index (κ1) is 24.0. The van der Waals surface area contributed by atoms with Gasteiger partial charge < -0.3 is 9.64 Å². The molecular weight excluding hydrogens is 370 g/mol. The van der Waals surface area contributed by atoms with Gasteiger partial charge in [0, 0.05) is 19.0 Å². The zero-order valence-electron chi connectivity index (χ0n) is 19.1. The standard InChI is InChI=1S/C27H39NO2/c1-4-6-7-8-9-13-19-27(29)28(23(3)5-2)21-25-17-14-18-26(20-25)30-22-24-15-11-10-12-16-24/h10-12,14-18,20,23H,4-9,13,19,21-22H2,1-3H3. The molecule has 3 heteroatoms. The van der Waals surface area contributed by atoms with Crippen LogP contribution in [0, 0.1) is 0 Å². The van der Waals surface area contributed by atoms with Gasteiger partial charge in [0.1, 0.15) is 12.4 Å². The molecule has 2 aromatic carbocycles. The van der Waals surface area contributed by atoms with E-state index < -0.39 is 0 Å². The Bertz CT molecular complexity index is 729. The molecule has 3 nitrogen and oxygen atoms in total. The van der Waals surface area contributed by atoms with E-state index in [1.54, 1.807) is 0 Å². The molecule has 0 radical (unpaired) electrons. The molecule has 0 aromatic heterocycles. The van der Waals surface area contributed by atoms with Crippen molar-refractivity contribution in [2.45, 2.75) is 91.3 Å². The quantitative estimate of drug-likeness (QED) is 0.310. The Balaban J connectivity index is 1.91. The van der Waals surface area contributed by atoms with Gasteiger partial charge in [-0.1, -0.05) is 88.4 Å². The lowest BCUT2D eigenvalue weighted by atomic mass is 10.1. The molecule has 0 aliphatic carbocycles. The van der Waals surface area contributed by atoms with E-state index >= 15 is 0 Å². The summed E-state index contributed by atoms with van der Waals surface area (Å²) in [7, 11) is 0.